The maximum atomic E-state index is 12.7. The summed E-state index contributed by atoms with van der Waals surface area (Å²) in [6.45, 7) is 1.67. The zero-order chi connectivity index (χ0) is 19.6. The minimum Gasteiger partial charge on any atom is -0.483 e. The van der Waals surface area contributed by atoms with Crippen molar-refractivity contribution in [3.63, 3.8) is 0 Å². The molecule has 8 nitrogen and oxygen atoms in total. The first kappa shape index (κ1) is 19.3. The highest BCUT2D eigenvalue weighted by molar-refractivity contribution is 9.10. The van der Waals surface area contributed by atoms with Gasteiger partial charge in [0.25, 0.3) is 11.8 Å². The molecule has 2 fully saturated rings. The fourth-order valence-electron chi connectivity index (χ4n) is 3.36. The fraction of sp³-hybridized carbons (Fsp3) is 0.444. The van der Waals surface area contributed by atoms with Crippen molar-refractivity contribution in [2.45, 2.75) is 38.1 Å². The van der Waals surface area contributed by atoms with Crippen LogP contribution in [0, 0.1) is 5.92 Å². The largest absolute Gasteiger partial charge is 0.483 e. The predicted molar refractivity (Wildman–Crippen MR) is 98.9 cm³/mol. The van der Waals surface area contributed by atoms with Crippen molar-refractivity contribution in [2.24, 2.45) is 5.92 Å². The van der Waals surface area contributed by atoms with Crippen molar-refractivity contribution in [1.82, 2.24) is 15.8 Å². The minimum absolute atomic E-state index is 0.235. The Labute approximate surface area is 164 Å². The number of hydrogen-bond acceptors (Lipinski definition) is 5. The molecule has 1 aliphatic heterocycles. The van der Waals surface area contributed by atoms with Crippen molar-refractivity contribution < 1.29 is 23.9 Å². The number of ether oxygens (including phenoxy) is 1. The molecule has 0 bridgehead atoms. The van der Waals surface area contributed by atoms with Crippen LogP contribution in [0.15, 0.2) is 22.7 Å². The van der Waals surface area contributed by atoms with Crippen LogP contribution in [-0.2, 0) is 9.59 Å². The first-order valence-corrected chi connectivity index (χ1v) is 9.47. The Bertz CT molecular complexity index is 789. The molecular formula is C18H20BrN3O5. The molecule has 9 heteroatoms. The molecule has 1 aliphatic carbocycles. The predicted octanol–water partition coefficient (Wildman–Crippen LogP) is 2.17. The van der Waals surface area contributed by atoms with Crippen molar-refractivity contribution in [2.75, 3.05) is 6.61 Å². The number of urea groups is 1. The first-order valence-electron chi connectivity index (χ1n) is 8.68. The zero-order valence-electron chi connectivity index (χ0n) is 14.8. The fourth-order valence-corrected chi connectivity index (χ4v) is 3.74. The number of carbonyl (C=O) groups is 4. The summed E-state index contributed by atoms with van der Waals surface area (Å²) in [5.41, 5.74) is 1.65. The molecule has 1 saturated heterocycles. The maximum Gasteiger partial charge on any atom is 0.344 e. The third-order valence-corrected chi connectivity index (χ3v) is 5.48. The molecule has 2 N–H and O–H groups in total. The second kappa shape index (κ2) is 7.67. The van der Waals surface area contributed by atoms with Gasteiger partial charge in [-0.05, 0) is 49.8 Å². The van der Waals surface area contributed by atoms with Gasteiger partial charge in [0.05, 0.1) is 5.56 Å². The standard InChI is InChI=1S/C18H20BrN3O5/c1-11-4-6-18(7-5-11)16(25)22(17(26)20-18)21-15(24)10-27-14-3-2-13(19)8-12(14)9-23/h2-3,8-9,11H,4-7,10H2,1H3,(H,20,26)(H,21,24). The molecule has 1 saturated carbocycles. The second-order valence-electron chi connectivity index (χ2n) is 6.96. The number of nitrogens with one attached hydrogen (secondary N) is 2. The summed E-state index contributed by atoms with van der Waals surface area (Å²) >= 11 is 3.24. The topological polar surface area (TPSA) is 105 Å². The smallest absolute Gasteiger partial charge is 0.344 e. The quantitative estimate of drug-likeness (QED) is 0.542. The highest BCUT2D eigenvalue weighted by Gasteiger charge is 2.52. The molecule has 1 aromatic carbocycles. The lowest BCUT2D eigenvalue weighted by molar-refractivity contribution is -0.140. The second-order valence-corrected chi connectivity index (χ2v) is 7.87. The maximum absolute atomic E-state index is 12.7. The van der Waals surface area contributed by atoms with Crippen molar-refractivity contribution in [3.8, 4) is 5.75 Å². The minimum atomic E-state index is -0.922. The zero-order valence-corrected chi connectivity index (χ0v) is 16.4. The molecule has 144 valence electrons. The van der Waals surface area contributed by atoms with E-state index in [0.29, 0.717) is 29.5 Å². The molecule has 1 spiro atoms. The van der Waals surface area contributed by atoms with Crippen LogP contribution in [0.2, 0.25) is 0 Å². The summed E-state index contributed by atoms with van der Waals surface area (Å²) in [6, 6.07) is 4.14. The molecule has 27 heavy (non-hydrogen) atoms. The molecule has 3 rings (SSSR count). The molecule has 0 aromatic heterocycles. The molecule has 2 aliphatic rings. The summed E-state index contributed by atoms with van der Waals surface area (Å²) < 4.78 is 6.04. The summed E-state index contributed by atoms with van der Waals surface area (Å²) in [5, 5.41) is 3.45. The Morgan fingerprint density at radius 3 is 2.78 bits per heavy atom. The molecule has 1 heterocycles. The van der Waals surface area contributed by atoms with E-state index in [-0.39, 0.29) is 11.3 Å². The van der Waals surface area contributed by atoms with Gasteiger partial charge in [-0.1, -0.05) is 22.9 Å². The van der Waals surface area contributed by atoms with Crippen LogP contribution in [0.3, 0.4) is 0 Å². The van der Waals surface area contributed by atoms with Crippen LogP contribution in [-0.4, -0.2) is 41.3 Å². The number of amides is 4. The first-order chi connectivity index (χ1) is 12.8. The molecule has 0 atom stereocenters. The summed E-state index contributed by atoms with van der Waals surface area (Å²) in [5.74, 6) is -0.363. The van der Waals surface area contributed by atoms with E-state index in [2.05, 4.69) is 33.6 Å². The van der Waals surface area contributed by atoms with E-state index in [1.807, 2.05) is 0 Å². The molecule has 0 radical (unpaired) electrons. The van der Waals surface area contributed by atoms with Crippen molar-refractivity contribution in [1.29, 1.82) is 0 Å². The Kier molecular flexibility index (Phi) is 5.50. The SMILES string of the molecule is CC1CCC2(CC1)NC(=O)N(NC(=O)COc1ccc(Br)cc1C=O)C2=O. The number of benzene rings is 1. The number of hydrazine groups is 1. The highest BCUT2D eigenvalue weighted by Crippen LogP contribution is 2.35. The van der Waals surface area contributed by atoms with E-state index < -0.39 is 30.0 Å². The van der Waals surface area contributed by atoms with E-state index >= 15 is 0 Å². The molecule has 0 unspecified atom stereocenters. The summed E-state index contributed by atoms with van der Waals surface area (Å²) in [6.07, 6.45) is 3.42. The Morgan fingerprint density at radius 2 is 2.11 bits per heavy atom. The van der Waals surface area contributed by atoms with Gasteiger partial charge < -0.3 is 10.1 Å². The Morgan fingerprint density at radius 1 is 1.41 bits per heavy atom. The van der Waals surface area contributed by atoms with Crippen LogP contribution < -0.4 is 15.5 Å². The molecule has 4 amide bonds. The van der Waals surface area contributed by atoms with Gasteiger partial charge in [-0.2, -0.15) is 5.01 Å². The third-order valence-electron chi connectivity index (χ3n) is 4.98. The van der Waals surface area contributed by atoms with E-state index in [1.54, 1.807) is 18.2 Å². The van der Waals surface area contributed by atoms with E-state index in [4.69, 9.17) is 4.74 Å². The van der Waals surface area contributed by atoms with Crippen LogP contribution in [0.25, 0.3) is 0 Å². The van der Waals surface area contributed by atoms with Crippen molar-refractivity contribution in [3.05, 3.63) is 28.2 Å². The normalized spacial score (nSPS) is 24.7. The Balaban J connectivity index is 1.60. The average Bonchev–Trinajstić information content (AvgIpc) is 2.87. The Hall–Kier alpha value is -2.42. The van der Waals surface area contributed by atoms with Crippen LogP contribution in [0.5, 0.6) is 5.75 Å². The number of imide groups is 1. The van der Waals surface area contributed by atoms with Gasteiger partial charge in [0, 0.05) is 4.47 Å². The summed E-state index contributed by atoms with van der Waals surface area (Å²) in [4.78, 5) is 48.1. The average molecular weight is 438 g/mol. The molecule has 1 aromatic rings. The number of carbonyl (C=O) groups excluding carboxylic acids is 4. The van der Waals surface area contributed by atoms with Gasteiger partial charge in [-0.15, -0.1) is 0 Å². The lowest BCUT2D eigenvalue weighted by atomic mass is 9.77. The highest BCUT2D eigenvalue weighted by atomic mass is 79.9. The van der Waals surface area contributed by atoms with Crippen molar-refractivity contribution >= 4 is 40.1 Å². The van der Waals surface area contributed by atoms with Crippen LogP contribution >= 0.6 is 15.9 Å². The van der Waals surface area contributed by atoms with Gasteiger partial charge in [0.2, 0.25) is 0 Å². The van der Waals surface area contributed by atoms with Gasteiger partial charge >= 0.3 is 6.03 Å². The van der Waals surface area contributed by atoms with Gasteiger partial charge in [-0.25, -0.2) is 4.79 Å². The third kappa shape index (κ3) is 3.97. The number of nitrogens with zero attached hydrogens (tertiary/aromatic N) is 1. The number of hydrogen-bond donors (Lipinski definition) is 2. The van der Waals surface area contributed by atoms with Gasteiger partial charge in [0.15, 0.2) is 12.9 Å². The summed E-state index contributed by atoms with van der Waals surface area (Å²) in [7, 11) is 0. The van der Waals surface area contributed by atoms with Crippen LogP contribution in [0.4, 0.5) is 4.79 Å². The van der Waals surface area contributed by atoms with Crippen LogP contribution in [0.1, 0.15) is 43.0 Å². The molecular weight excluding hydrogens is 418 g/mol. The van der Waals surface area contributed by atoms with Gasteiger partial charge in [-0.3, -0.25) is 19.8 Å². The van der Waals surface area contributed by atoms with E-state index in [1.165, 1.54) is 0 Å². The van der Waals surface area contributed by atoms with Gasteiger partial charge in [0.1, 0.15) is 11.3 Å². The lowest BCUT2D eigenvalue weighted by Gasteiger charge is -2.33. The number of rotatable bonds is 5. The monoisotopic (exact) mass is 437 g/mol. The van der Waals surface area contributed by atoms with E-state index in [9.17, 15) is 19.2 Å². The lowest BCUT2D eigenvalue weighted by Crippen LogP contribution is -2.52. The van der Waals surface area contributed by atoms with E-state index in [0.717, 1.165) is 17.9 Å². The number of halogens is 1. The number of aldehydes is 1.